The number of carbonyl (C=O) groups excluding carboxylic acids is 1. The molecule has 1 aromatic rings. The van der Waals surface area contributed by atoms with E-state index in [4.69, 9.17) is 10.00 Å². The number of nitrogens with zero attached hydrogens (tertiary/aromatic N) is 3. The van der Waals surface area contributed by atoms with Gasteiger partial charge in [-0.15, -0.1) is 0 Å². The van der Waals surface area contributed by atoms with E-state index in [-0.39, 0.29) is 22.9 Å². The van der Waals surface area contributed by atoms with Gasteiger partial charge < -0.3 is 15.0 Å². The lowest BCUT2D eigenvalue weighted by molar-refractivity contribution is -0.385. The molecule has 0 spiro atoms. The Labute approximate surface area is 121 Å². The maximum absolute atomic E-state index is 12.4. The summed E-state index contributed by atoms with van der Waals surface area (Å²) in [5.41, 5.74) is 0.0609. The summed E-state index contributed by atoms with van der Waals surface area (Å²) in [6.45, 7) is 1.43. The van der Waals surface area contributed by atoms with Crippen LogP contribution in [0.25, 0.3) is 0 Å². The fourth-order valence-electron chi connectivity index (χ4n) is 2.19. The summed E-state index contributed by atoms with van der Waals surface area (Å²) in [6.07, 6.45) is 0. The second-order valence-corrected chi connectivity index (χ2v) is 4.49. The average Bonchev–Trinajstić information content (AvgIpc) is 2.53. The number of hydrogen-bond donors (Lipinski definition) is 1. The van der Waals surface area contributed by atoms with Crippen molar-refractivity contribution in [1.82, 2.24) is 10.2 Å². The van der Waals surface area contributed by atoms with E-state index in [2.05, 4.69) is 11.4 Å². The number of nitriles is 1. The highest BCUT2D eigenvalue weighted by Gasteiger charge is 2.28. The molecule has 1 aliphatic rings. The SMILES string of the molecule is COc1cc(C(=O)N2CCNCC2C#N)ccc1[N+](=O)[O-]. The van der Waals surface area contributed by atoms with Crippen LogP contribution in [0.2, 0.25) is 0 Å². The Morgan fingerprint density at radius 2 is 2.38 bits per heavy atom. The van der Waals surface area contributed by atoms with Crippen molar-refractivity contribution in [2.75, 3.05) is 26.7 Å². The zero-order valence-electron chi connectivity index (χ0n) is 11.4. The minimum atomic E-state index is -0.573. The molecule has 0 aliphatic carbocycles. The summed E-state index contributed by atoms with van der Waals surface area (Å²) in [7, 11) is 1.31. The Morgan fingerprint density at radius 3 is 3.00 bits per heavy atom. The maximum atomic E-state index is 12.4. The van der Waals surface area contributed by atoms with E-state index in [1.807, 2.05) is 0 Å². The van der Waals surface area contributed by atoms with Gasteiger partial charge in [-0.1, -0.05) is 0 Å². The van der Waals surface area contributed by atoms with Gasteiger partial charge in [-0.3, -0.25) is 14.9 Å². The number of piperazine rings is 1. The Hall–Kier alpha value is -2.66. The van der Waals surface area contributed by atoms with Gasteiger partial charge in [0.2, 0.25) is 0 Å². The van der Waals surface area contributed by atoms with Gasteiger partial charge >= 0.3 is 5.69 Å². The number of ether oxygens (including phenoxy) is 1. The summed E-state index contributed by atoms with van der Waals surface area (Å²) in [6, 6.07) is 5.45. The zero-order valence-corrected chi connectivity index (χ0v) is 11.4. The van der Waals surface area contributed by atoms with E-state index in [1.54, 1.807) is 0 Å². The van der Waals surface area contributed by atoms with Crippen LogP contribution in [0.4, 0.5) is 5.69 Å². The molecule has 0 aromatic heterocycles. The van der Waals surface area contributed by atoms with Crippen LogP contribution in [-0.2, 0) is 0 Å². The van der Waals surface area contributed by atoms with Crippen LogP contribution < -0.4 is 10.1 Å². The molecule has 1 fully saturated rings. The predicted octanol–water partition coefficient (Wildman–Crippen LogP) is 0.541. The predicted molar refractivity (Wildman–Crippen MR) is 73.0 cm³/mol. The maximum Gasteiger partial charge on any atom is 0.310 e. The van der Waals surface area contributed by atoms with Crippen molar-refractivity contribution >= 4 is 11.6 Å². The number of methoxy groups -OCH3 is 1. The van der Waals surface area contributed by atoms with Crippen molar-refractivity contribution in [1.29, 1.82) is 5.26 Å². The van der Waals surface area contributed by atoms with Crippen molar-refractivity contribution in [3.05, 3.63) is 33.9 Å². The third-order valence-corrected chi connectivity index (χ3v) is 3.28. The summed E-state index contributed by atoms with van der Waals surface area (Å²) in [5.74, 6) is -0.314. The van der Waals surface area contributed by atoms with Gasteiger partial charge in [-0.2, -0.15) is 5.26 Å². The van der Waals surface area contributed by atoms with Crippen LogP contribution in [0.5, 0.6) is 5.75 Å². The van der Waals surface area contributed by atoms with Crippen molar-refractivity contribution < 1.29 is 14.5 Å². The van der Waals surface area contributed by atoms with E-state index in [9.17, 15) is 14.9 Å². The van der Waals surface area contributed by atoms with Crippen molar-refractivity contribution in [3.63, 3.8) is 0 Å². The molecule has 1 unspecified atom stereocenters. The number of amides is 1. The second kappa shape index (κ2) is 6.19. The first kappa shape index (κ1) is 14.7. The first-order valence-electron chi connectivity index (χ1n) is 6.32. The molecule has 1 aliphatic heterocycles. The van der Waals surface area contributed by atoms with Crippen LogP contribution in [0.3, 0.4) is 0 Å². The molecule has 1 saturated heterocycles. The molecule has 1 amide bonds. The highest BCUT2D eigenvalue weighted by atomic mass is 16.6. The van der Waals surface area contributed by atoms with Gasteiger partial charge in [0.15, 0.2) is 5.75 Å². The number of rotatable bonds is 3. The van der Waals surface area contributed by atoms with Crippen molar-refractivity contribution in [3.8, 4) is 11.8 Å². The van der Waals surface area contributed by atoms with Gasteiger partial charge in [-0.05, 0) is 6.07 Å². The molecule has 0 radical (unpaired) electrons. The molecule has 2 rings (SSSR count). The Balaban J connectivity index is 2.31. The summed E-state index contributed by atoms with van der Waals surface area (Å²) in [4.78, 5) is 24.2. The lowest BCUT2D eigenvalue weighted by Gasteiger charge is -2.32. The molecular formula is C13H14N4O4. The van der Waals surface area contributed by atoms with E-state index in [0.29, 0.717) is 19.6 Å². The quantitative estimate of drug-likeness (QED) is 0.643. The molecule has 1 N–H and O–H groups in total. The Kier molecular flexibility index (Phi) is 4.35. The number of nitro groups is 1. The Bertz CT molecular complexity index is 611. The summed E-state index contributed by atoms with van der Waals surface area (Å²) < 4.78 is 4.95. The number of benzene rings is 1. The highest BCUT2D eigenvalue weighted by Crippen LogP contribution is 2.28. The molecule has 110 valence electrons. The minimum Gasteiger partial charge on any atom is -0.490 e. The van der Waals surface area contributed by atoms with Gasteiger partial charge in [0.25, 0.3) is 5.91 Å². The third-order valence-electron chi connectivity index (χ3n) is 3.28. The zero-order chi connectivity index (χ0) is 15.4. The van der Waals surface area contributed by atoms with E-state index >= 15 is 0 Å². The van der Waals surface area contributed by atoms with Crippen LogP contribution >= 0.6 is 0 Å². The summed E-state index contributed by atoms with van der Waals surface area (Å²) in [5, 5.41) is 23.0. The molecule has 1 atom stereocenters. The molecule has 1 heterocycles. The van der Waals surface area contributed by atoms with Crippen LogP contribution in [0.15, 0.2) is 18.2 Å². The molecular weight excluding hydrogens is 276 g/mol. The molecule has 8 heteroatoms. The van der Waals surface area contributed by atoms with Gasteiger partial charge in [-0.25, -0.2) is 0 Å². The Morgan fingerprint density at radius 1 is 1.62 bits per heavy atom. The minimum absolute atomic E-state index is 0.0227. The van der Waals surface area contributed by atoms with Gasteiger partial charge in [0.05, 0.1) is 18.1 Å². The van der Waals surface area contributed by atoms with Crippen molar-refractivity contribution in [2.45, 2.75) is 6.04 Å². The largest absolute Gasteiger partial charge is 0.490 e. The first-order chi connectivity index (χ1) is 10.1. The molecule has 8 nitrogen and oxygen atoms in total. The van der Waals surface area contributed by atoms with Crippen LogP contribution in [0, 0.1) is 21.4 Å². The third kappa shape index (κ3) is 2.93. The van der Waals surface area contributed by atoms with Crippen molar-refractivity contribution in [2.24, 2.45) is 0 Å². The standard InChI is InChI=1S/C13H14N4O4/c1-21-12-6-9(2-3-11(12)17(19)20)13(18)16-5-4-15-8-10(16)7-14/h2-3,6,10,15H,4-5,8H2,1H3. The second-order valence-electron chi connectivity index (χ2n) is 4.49. The number of nitrogens with one attached hydrogen (secondary N) is 1. The van der Waals surface area contributed by atoms with Gasteiger partial charge in [0.1, 0.15) is 6.04 Å². The van der Waals surface area contributed by atoms with Crippen LogP contribution in [0.1, 0.15) is 10.4 Å². The normalized spacial score (nSPS) is 17.9. The molecule has 0 saturated carbocycles. The first-order valence-corrected chi connectivity index (χ1v) is 6.32. The number of carbonyl (C=O) groups is 1. The number of hydrogen-bond acceptors (Lipinski definition) is 6. The molecule has 1 aromatic carbocycles. The van der Waals surface area contributed by atoms with E-state index in [1.165, 1.54) is 30.2 Å². The summed E-state index contributed by atoms with van der Waals surface area (Å²) >= 11 is 0. The van der Waals surface area contributed by atoms with Crippen LogP contribution in [-0.4, -0.2) is 48.5 Å². The molecule has 21 heavy (non-hydrogen) atoms. The van der Waals surface area contributed by atoms with E-state index < -0.39 is 11.0 Å². The smallest absolute Gasteiger partial charge is 0.310 e. The topological polar surface area (TPSA) is 108 Å². The lowest BCUT2D eigenvalue weighted by Crippen LogP contribution is -2.53. The highest BCUT2D eigenvalue weighted by molar-refractivity contribution is 5.95. The monoisotopic (exact) mass is 290 g/mol. The van der Waals surface area contributed by atoms with Gasteiger partial charge in [0, 0.05) is 37.3 Å². The van der Waals surface area contributed by atoms with E-state index in [0.717, 1.165) is 0 Å². The fraction of sp³-hybridized carbons (Fsp3) is 0.385. The lowest BCUT2D eigenvalue weighted by atomic mass is 10.1. The average molecular weight is 290 g/mol. The fourth-order valence-corrected chi connectivity index (χ4v) is 2.19. The molecule has 0 bridgehead atoms. The number of nitro benzene ring substituents is 1.